The molecule has 0 fully saturated rings. The minimum absolute atomic E-state index is 0.0992. The predicted octanol–water partition coefficient (Wildman–Crippen LogP) is 0.449. The van der Waals surface area contributed by atoms with Crippen molar-refractivity contribution >= 4 is 28.6 Å². The third-order valence-electron chi connectivity index (χ3n) is 1.38. The Morgan fingerprint density at radius 1 is 1.82 bits per heavy atom. The maximum atomic E-state index is 10.9. The number of hydrogen-bond acceptors (Lipinski definition) is 2. The Balaban J connectivity index is 2.86. The van der Waals surface area contributed by atoms with Crippen molar-refractivity contribution in [1.29, 1.82) is 0 Å². The van der Waals surface area contributed by atoms with Gasteiger partial charge in [-0.05, 0) is 6.42 Å². The number of carboxylic acid groups (broad SMARTS) is 1. The lowest BCUT2D eigenvalue weighted by Gasteiger charge is -2.19. The number of hydrogen-bond donors (Lipinski definition) is 1. The molecule has 1 atom stereocenters. The zero-order valence-corrected chi connectivity index (χ0v) is 7.74. The summed E-state index contributed by atoms with van der Waals surface area (Å²) >= 11 is 2.09. The molecule has 0 aromatic carbocycles. The van der Waals surface area contributed by atoms with E-state index < -0.39 is 5.97 Å². The number of alkyl halides is 1. The van der Waals surface area contributed by atoms with Crippen LogP contribution in [0.2, 0.25) is 0 Å². The number of aliphatic carboxylic acids is 1. The van der Waals surface area contributed by atoms with Crippen LogP contribution in [0.5, 0.6) is 0 Å². The number of halogens is 1. The molecule has 11 heavy (non-hydrogen) atoms. The molecule has 0 bridgehead atoms. The summed E-state index contributed by atoms with van der Waals surface area (Å²) in [6.07, 6.45) is 3.54. The van der Waals surface area contributed by atoms with E-state index in [4.69, 9.17) is 5.11 Å². The van der Waals surface area contributed by atoms with Crippen molar-refractivity contribution in [1.82, 2.24) is 0 Å². The number of rotatable bonds is 1. The van der Waals surface area contributed by atoms with Crippen molar-refractivity contribution in [2.24, 2.45) is 0 Å². The Labute approximate surface area is 77.6 Å². The Morgan fingerprint density at radius 3 is 2.91 bits per heavy atom. The van der Waals surface area contributed by atoms with E-state index in [0.29, 0.717) is 6.42 Å². The van der Waals surface area contributed by atoms with Gasteiger partial charge < -0.3 is 10.2 Å². The monoisotopic (exact) mass is 265 g/mol. The van der Waals surface area contributed by atoms with E-state index in [1.165, 1.54) is 12.2 Å². The van der Waals surface area contributed by atoms with Gasteiger partial charge in [0, 0.05) is 9.50 Å². The van der Waals surface area contributed by atoms with Gasteiger partial charge in [-0.2, -0.15) is 0 Å². The van der Waals surface area contributed by atoms with Crippen molar-refractivity contribution in [2.75, 3.05) is 0 Å². The Hall–Kier alpha value is -0.520. The summed E-state index contributed by atoms with van der Waals surface area (Å²) in [6, 6.07) is 0. The maximum Gasteiger partial charge on any atom is 0.334 e. The smallest absolute Gasteiger partial charge is 0.334 e. The molecule has 1 unspecified atom stereocenters. The van der Waals surface area contributed by atoms with E-state index in [1.54, 1.807) is 0 Å². The molecule has 0 aromatic rings. The molecule has 0 aliphatic heterocycles. The van der Waals surface area contributed by atoms with Gasteiger partial charge in [0.25, 0.3) is 0 Å². The molecule has 1 N–H and O–H groups in total. The molecule has 0 spiro atoms. The lowest BCUT2D eigenvalue weighted by molar-refractivity contribution is -0.297. The van der Waals surface area contributed by atoms with Crippen molar-refractivity contribution < 1.29 is 15.0 Å². The van der Waals surface area contributed by atoms with Crippen LogP contribution in [0.15, 0.2) is 23.5 Å². The SMILES string of the molecule is O=C(O)C1=CCC(I)C=C1[O-]. The van der Waals surface area contributed by atoms with Crippen LogP contribution in [-0.2, 0) is 4.79 Å². The average Bonchev–Trinajstić information content (AvgIpc) is 1.85. The predicted molar refractivity (Wildman–Crippen MR) is 46.2 cm³/mol. The number of carboxylic acids is 1. The summed E-state index contributed by atoms with van der Waals surface area (Å²) in [5.41, 5.74) is -0.0992. The van der Waals surface area contributed by atoms with Crippen LogP contribution in [0.3, 0.4) is 0 Å². The van der Waals surface area contributed by atoms with Gasteiger partial charge in [0.2, 0.25) is 0 Å². The van der Waals surface area contributed by atoms with Gasteiger partial charge in [0.15, 0.2) is 0 Å². The summed E-state index contributed by atoms with van der Waals surface area (Å²) in [5.74, 6) is -1.50. The molecule has 0 aromatic heterocycles. The van der Waals surface area contributed by atoms with E-state index in [-0.39, 0.29) is 15.3 Å². The highest BCUT2D eigenvalue weighted by molar-refractivity contribution is 14.1. The van der Waals surface area contributed by atoms with Crippen molar-refractivity contribution in [2.45, 2.75) is 10.3 Å². The molecule has 0 radical (unpaired) electrons. The molecular weight excluding hydrogens is 259 g/mol. The quantitative estimate of drug-likeness (QED) is 0.553. The molecule has 4 heteroatoms. The van der Waals surface area contributed by atoms with Crippen LogP contribution in [0.1, 0.15) is 6.42 Å². The lowest BCUT2D eigenvalue weighted by Crippen LogP contribution is -2.18. The molecule has 0 saturated heterocycles. The van der Waals surface area contributed by atoms with Crippen molar-refractivity contribution in [3.8, 4) is 0 Å². The minimum atomic E-state index is -1.13. The second-order valence-corrected chi connectivity index (χ2v) is 3.81. The average molecular weight is 265 g/mol. The molecule has 0 saturated carbocycles. The summed E-state index contributed by atoms with van der Waals surface area (Å²) in [6.45, 7) is 0. The first-order chi connectivity index (χ1) is 5.11. The summed E-state index contributed by atoms with van der Waals surface area (Å²) in [4.78, 5) is 10.4. The van der Waals surface area contributed by atoms with Crippen LogP contribution in [0, 0.1) is 0 Å². The van der Waals surface area contributed by atoms with Gasteiger partial charge in [-0.25, -0.2) is 4.79 Å². The van der Waals surface area contributed by atoms with E-state index in [1.807, 2.05) is 0 Å². The molecule has 0 heterocycles. The van der Waals surface area contributed by atoms with Gasteiger partial charge in [-0.15, -0.1) is 0 Å². The molecule has 60 valence electrons. The van der Waals surface area contributed by atoms with E-state index >= 15 is 0 Å². The molecule has 1 rings (SSSR count). The second kappa shape index (κ2) is 3.25. The topological polar surface area (TPSA) is 60.4 Å². The first kappa shape index (κ1) is 8.58. The lowest BCUT2D eigenvalue weighted by atomic mass is 10.1. The number of allylic oxidation sites excluding steroid dienone is 2. The minimum Gasteiger partial charge on any atom is -0.872 e. The van der Waals surface area contributed by atoms with Gasteiger partial charge in [0.05, 0.1) is 0 Å². The third kappa shape index (κ3) is 1.95. The van der Waals surface area contributed by atoms with E-state index in [0.717, 1.165) is 0 Å². The normalized spacial score (nSPS) is 23.9. The van der Waals surface area contributed by atoms with Crippen LogP contribution < -0.4 is 5.11 Å². The van der Waals surface area contributed by atoms with Gasteiger partial charge in [-0.3, -0.25) is 0 Å². The van der Waals surface area contributed by atoms with Crippen molar-refractivity contribution in [3.05, 3.63) is 23.5 Å². The molecule has 0 amide bonds. The Bertz CT molecular complexity index is 242. The van der Waals surface area contributed by atoms with E-state index in [2.05, 4.69) is 22.6 Å². The maximum absolute atomic E-state index is 10.9. The fourth-order valence-electron chi connectivity index (χ4n) is 0.846. The highest BCUT2D eigenvalue weighted by atomic mass is 127. The first-order valence-corrected chi connectivity index (χ1v) is 4.32. The Morgan fingerprint density at radius 2 is 2.45 bits per heavy atom. The number of carbonyl (C=O) groups is 1. The first-order valence-electron chi connectivity index (χ1n) is 3.08. The fourth-order valence-corrected chi connectivity index (χ4v) is 1.43. The van der Waals surface area contributed by atoms with Crippen LogP contribution in [0.4, 0.5) is 0 Å². The van der Waals surface area contributed by atoms with E-state index in [9.17, 15) is 9.90 Å². The fraction of sp³-hybridized carbons (Fsp3) is 0.286. The Kier molecular flexibility index (Phi) is 2.53. The summed E-state index contributed by atoms with van der Waals surface area (Å²) < 4.78 is 0.142. The standard InChI is InChI=1S/C7H7IO3/c8-4-1-2-5(7(10)11)6(9)3-4/h2-4,9H,1H2,(H,10,11)/p-1. The molecule has 1 aliphatic carbocycles. The molecule has 3 nitrogen and oxygen atoms in total. The summed E-state index contributed by atoms with van der Waals surface area (Å²) in [7, 11) is 0. The van der Waals surface area contributed by atoms with Crippen LogP contribution in [-0.4, -0.2) is 15.0 Å². The zero-order valence-electron chi connectivity index (χ0n) is 5.58. The van der Waals surface area contributed by atoms with Gasteiger partial charge >= 0.3 is 5.97 Å². The second-order valence-electron chi connectivity index (χ2n) is 2.21. The highest BCUT2D eigenvalue weighted by Crippen LogP contribution is 2.20. The highest BCUT2D eigenvalue weighted by Gasteiger charge is 2.11. The van der Waals surface area contributed by atoms with Crippen LogP contribution in [0.25, 0.3) is 0 Å². The molecule has 1 aliphatic rings. The van der Waals surface area contributed by atoms with Crippen molar-refractivity contribution in [3.63, 3.8) is 0 Å². The zero-order chi connectivity index (χ0) is 8.43. The van der Waals surface area contributed by atoms with Gasteiger partial charge in [0.1, 0.15) is 0 Å². The summed E-state index contributed by atoms with van der Waals surface area (Å²) in [5, 5.41) is 19.4. The third-order valence-corrected chi connectivity index (χ3v) is 2.24. The van der Waals surface area contributed by atoms with Gasteiger partial charge in [-0.1, -0.05) is 40.5 Å². The van der Waals surface area contributed by atoms with Crippen LogP contribution >= 0.6 is 22.6 Å². The molecular formula is C7H6IO3-. The largest absolute Gasteiger partial charge is 0.872 e.